The Morgan fingerprint density at radius 2 is 1.34 bits per heavy atom. The normalized spacial score (nSPS) is 12.2. The van der Waals surface area contributed by atoms with Gasteiger partial charge in [-0.2, -0.15) is 24.5 Å². The van der Waals surface area contributed by atoms with E-state index in [1.165, 1.54) is 66.7 Å². The lowest BCUT2D eigenvalue weighted by Gasteiger charge is -2.13. The fourth-order valence-corrected chi connectivity index (χ4v) is 6.10. The van der Waals surface area contributed by atoms with Crippen molar-refractivity contribution >= 4 is 65.0 Å². The molecular formula is C29H25N7O9S2. The zero-order valence-corrected chi connectivity index (χ0v) is 25.8. The summed E-state index contributed by atoms with van der Waals surface area (Å²) >= 11 is 0. The molecule has 5 aromatic carbocycles. The second kappa shape index (κ2) is 13.0. The SMILES string of the molecule is Cc1cc2cc(S(=O)(=O)O)c(N=Nc3ccc(S(=O)(=O)Nc4ccc(O)cc4)cc3)c(O)c2c(N)c1N=Nc1ccc(OON)cc1. The molecule has 0 radical (unpaired) electrons. The summed E-state index contributed by atoms with van der Waals surface area (Å²) in [5.74, 6) is 4.45. The zero-order chi connectivity index (χ0) is 33.9. The van der Waals surface area contributed by atoms with Crippen molar-refractivity contribution in [3.63, 3.8) is 0 Å². The monoisotopic (exact) mass is 679 g/mol. The average molecular weight is 680 g/mol. The number of nitrogens with one attached hydrogen (secondary N) is 1. The van der Waals surface area contributed by atoms with E-state index in [0.29, 0.717) is 17.0 Å². The second-order valence-corrected chi connectivity index (χ2v) is 12.9. The van der Waals surface area contributed by atoms with Gasteiger partial charge in [0.15, 0.2) is 11.5 Å². The highest BCUT2D eigenvalue weighted by Gasteiger charge is 2.25. The van der Waals surface area contributed by atoms with Crippen molar-refractivity contribution in [2.45, 2.75) is 16.7 Å². The van der Waals surface area contributed by atoms with Crippen LogP contribution in [0.4, 0.5) is 34.1 Å². The van der Waals surface area contributed by atoms with Gasteiger partial charge in [-0.15, -0.1) is 10.2 Å². The average Bonchev–Trinajstić information content (AvgIpc) is 3.02. The molecule has 0 aliphatic carbocycles. The molecule has 0 bridgehead atoms. The molecule has 242 valence electrons. The van der Waals surface area contributed by atoms with Crippen LogP contribution < -0.4 is 21.2 Å². The summed E-state index contributed by atoms with van der Waals surface area (Å²) in [7, 11) is -8.94. The predicted octanol–water partition coefficient (Wildman–Crippen LogP) is 6.20. The molecule has 0 amide bonds. The number of aryl methyl sites for hydroxylation is 1. The second-order valence-electron chi connectivity index (χ2n) is 9.82. The number of hydrogen-bond donors (Lipinski definition) is 6. The van der Waals surface area contributed by atoms with Crippen LogP contribution in [0.5, 0.6) is 17.2 Å². The van der Waals surface area contributed by atoms with Crippen LogP contribution in [0.15, 0.2) is 115 Å². The van der Waals surface area contributed by atoms with Crippen LogP contribution in [0.25, 0.3) is 10.8 Å². The summed E-state index contributed by atoms with van der Waals surface area (Å²) in [6.45, 7) is 1.64. The van der Waals surface area contributed by atoms with Gasteiger partial charge in [0.1, 0.15) is 22.0 Å². The quantitative estimate of drug-likeness (QED) is 0.0241. The van der Waals surface area contributed by atoms with E-state index in [0.717, 1.165) is 6.07 Å². The van der Waals surface area contributed by atoms with E-state index in [1.54, 1.807) is 19.1 Å². The predicted molar refractivity (Wildman–Crippen MR) is 171 cm³/mol. The third kappa shape index (κ3) is 7.27. The lowest BCUT2D eigenvalue weighted by Crippen LogP contribution is -2.12. The van der Waals surface area contributed by atoms with Gasteiger partial charge in [-0.05, 0) is 103 Å². The lowest BCUT2D eigenvalue weighted by molar-refractivity contribution is -0.211. The standard InChI is InChI=1S/C29H25N7O9S2/c1-16-14-17-15-24(47(41,42)43)28(29(38)25(17)26(30)27(16)34-32-18-4-10-22(11-5-18)44-45-31)35-33-19-6-12-23(13-7-19)46(39,40)36-20-2-8-21(37)9-3-20/h2-15,36-38H,30-31H2,1H3,(H,41,42,43). The van der Waals surface area contributed by atoms with E-state index in [2.05, 4.69) is 30.2 Å². The fourth-order valence-electron chi connectivity index (χ4n) is 4.38. The van der Waals surface area contributed by atoms with Crippen molar-refractivity contribution in [1.29, 1.82) is 0 Å². The number of nitrogens with two attached hydrogens (primary N) is 2. The Hall–Kier alpha value is -5.66. The minimum atomic E-state index is -4.93. The van der Waals surface area contributed by atoms with Gasteiger partial charge in [0, 0.05) is 5.69 Å². The van der Waals surface area contributed by atoms with Crippen LogP contribution in [0.3, 0.4) is 0 Å². The Labute approximate surface area is 267 Å². The van der Waals surface area contributed by atoms with E-state index >= 15 is 0 Å². The van der Waals surface area contributed by atoms with E-state index < -0.39 is 36.5 Å². The van der Waals surface area contributed by atoms with E-state index in [4.69, 9.17) is 16.5 Å². The number of azo groups is 2. The van der Waals surface area contributed by atoms with Gasteiger partial charge in [-0.25, -0.2) is 8.42 Å². The van der Waals surface area contributed by atoms with Crippen LogP contribution >= 0.6 is 0 Å². The van der Waals surface area contributed by atoms with Crippen molar-refractivity contribution in [2.75, 3.05) is 10.5 Å². The number of benzene rings is 5. The first-order valence-corrected chi connectivity index (χ1v) is 16.1. The molecule has 0 aromatic heterocycles. The van der Waals surface area contributed by atoms with Gasteiger partial charge in [-0.3, -0.25) is 9.27 Å². The third-order valence-corrected chi connectivity index (χ3v) is 8.86. The zero-order valence-electron chi connectivity index (χ0n) is 24.1. The lowest BCUT2D eigenvalue weighted by atomic mass is 10.0. The van der Waals surface area contributed by atoms with Gasteiger partial charge in [0.05, 0.1) is 27.3 Å². The van der Waals surface area contributed by atoms with Crippen LogP contribution in [-0.2, 0) is 25.1 Å². The number of rotatable bonds is 10. The number of aromatic hydroxyl groups is 2. The first-order chi connectivity index (χ1) is 22.3. The fraction of sp³-hybridized carbons (Fsp3) is 0.0345. The van der Waals surface area contributed by atoms with E-state index in [1.807, 2.05) is 0 Å². The Balaban J connectivity index is 1.50. The maximum Gasteiger partial charge on any atom is 0.296 e. The maximum absolute atomic E-state index is 12.8. The first kappa shape index (κ1) is 32.7. The summed E-state index contributed by atoms with van der Waals surface area (Å²) in [5, 5.41) is 36.9. The molecule has 5 aromatic rings. The molecule has 0 aliphatic rings. The largest absolute Gasteiger partial charge is 0.508 e. The first-order valence-electron chi connectivity index (χ1n) is 13.2. The van der Waals surface area contributed by atoms with Crippen LogP contribution in [0.2, 0.25) is 0 Å². The number of nitrogen functional groups attached to an aromatic ring is 1. The molecule has 0 saturated carbocycles. The Morgan fingerprint density at radius 1 is 0.766 bits per heavy atom. The minimum absolute atomic E-state index is 0.0310. The molecule has 0 fully saturated rings. The number of nitrogens with zero attached hydrogens (tertiary/aromatic N) is 4. The molecular weight excluding hydrogens is 654 g/mol. The van der Waals surface area contributed by atoms with Crippen LogP contribution in [-0.4, -0.2) is 31.6 Å². The van der Waals surface area contributed by atoms with Crippen molar-refractivity contribution in [2.24, 2.45) is 26.4 Å². The molecule has 0 heterocycles. The Morgan fingerprint density at radius 3 is 1.91 bits per heavy atom. The number of fused-ring (bicyclic) bond motifs is 1. The van der Waals surface area contributed by atoms with Gasteiger partial charge < -0.3 is 20.8 Å². The summed E-state index contributed by atoms with van der Waals surface area (Å²) < 4.78 is 62.5. The van der Waals surface area contributed by atoms with Gasteiger partial charge in [-0.1, -0.05) is 4.99 Å². The summed E-state index contributed by atoms with van der Waals surface area (Å²) in [6.07, 6.45) is 0. The topological polar surface area (TPSA) is 261 Å². The van der Waals surface area contributed by atoms with Gasteiger partial charge >= 0.3 is 0 Å². The van der Waals surface area contributed by atoms with Gasteiger partial charge in [0.25, 0.3) is 20.1 Å². The van der Waals surface area contributed by atoms with Crippen LogP contribution in [0.1, 0.15) is 5.56 Å². The molecule has 0 spiro atoms. The van der Waals surface area contributed by atoms with Crippen LogP contribution in [0, 0.1) is 6.92 Å². The van der Waals surface area contributed by atoms with E-state index in [9.17, 15) is 31.6 Å². The number of sulfonamides is 1. The molecule has 8 N–H and O–H groups in total. The number of hydrogen-bond acceptors (Lipinski definition) is 14. The Kier molecular flexibility index (Phi) is 9.04. The highest BCUT2D eigenvalue weighted by atomic mass is 32.2. The molecule has 0 aliphatic heterocycles. The molecule has 47 heavy (non-hydrogen) atoms. The number of anilines is 2. The maximum atomic E-state index is 12.8. The molecule has 0 unspecified atom stereocenters. The van der Waals surface area contributed by atoms with Crippen molar-refractivity contribution in [3.8, 4) is 17.2 Å². The number of phenols is 2. The summed E-state index contributed by atoms with van der Waals surface area (Å²) in [4.78, 5) is 7.93. The number of phenolic OH excluding ortho intramolecular Hbond substituents is 2. The van der Waals surface area contributed by atoms with Crippen molar-refractivity contribution in [3.05, 3.63) is 90.5 Å². The Bertz CT molecular complexity index is 2240. The minimum Gasteiger partial charge on any atom is -0.508 e. The molecule has 0 saturated heterocycles. The highest BCUT2D eigenvalue weighted by molar-refractivity contribution is 7.92. The van der Waals surface area contributed by atoms with Crippen molar-refractivity contribution < 1.29 is 41.5 Å². The molecule has 5 rings (SSSR count). The molecule has 18 heteroatoms. The molecule has 16 nitrogen and oxygen atoms in total. The summed E-state index contributed by atoms with van der Waals surface area (Å²) in [5.41, 5.74) is 7.04. The van der Waals surface area contributed by atoms with E-state index in [-0.39, 0.29) is 44.2 Å². The molecule has 0 atom stereocenters. The highest BCUT2D eigenvalue weighted by Crippen LogP contribution is 2.47. The van der Waals surface area contributed by atoms with Gasteiger partial charge in [0.2, 0.25) is 0 Å². The third-order valence-electron chi connectivity index (χ3n) is 6.60. The van der Waals surface area contributed by atoms with Crippen molar-refractivity contribution in [1.82, 2.24) is 0 Å². The summed E-state index contributed by atoms with van der Waals surface area (Å²) in [6, 6.07) is 19.2. The smallest absolute Gasteiger partial charge is 0.296 e.